The minimum Gasteiger partial charge on any atom is -0.300 e. The molecular weight excluding hydrogens is 160 g/mol. The van der Waals surface area contributed by atoms with Gasteiger partial charge >= 0.3 is 0 Å². The number of aromatic nitrogens is 1. The topological polar surface area (TPSA) is 16.1 Å². The van der Waals surface area contributed by atoms with Crippen molar-refractivity contribution in [2.45, 2.75) is 26.8 Å². The minimum absolute atomic E-state index is 1.01. The lowest BCUT2D eigenvalue weighted by Gasteiger charge is -2.23. The lowest BCUT2D eigenvalue weighted by molar-refractivity contribution is 0.307. The van der Waals surface area contributed by atoms with Gasteiger partial charge in [0.2, 0.25) is 0 Å². The van der Waals surface area contributed by atoms with Crippen LogP contribution in [-0.4, -0.2) is 23.5 Å². The fourth-order valence-corrected chi connectivity index (χ4v) is 1.49. The van der Waals surface area contributed by atoms with E-state index in [0.29, 0.717) is 0 Å². The van der Waals surface area contributed by atoms with Crippen LogP contribution in [0.15, 0.2) is 18.3 Å². The van der Waals surface area contributed by atoms with Crippen molar-refractivity contribution in [1.82, 2.24) is 9.88 Å². The molecule has 0 unspecified atom stereocenters. The number of rotatable bonds is 0. The van der Waals surface area contributed by atoms with E-state index in [9.17, 15) is 0 Å². The summed E-state index contributed by atoms with van der Waals surface area (Å²) < 4.78 is 0. The smallest absolute Gasteiger partial charge is 0.0576 e. The molecule has 1 aliphatic rings. The number of likely N-dealkylation sites (N-methyl/N-ethyl adjacent to an activating group) is 1. The van der Waals surface area contributed by atoms with Crippen LogP contribution in [-0.2, 0) is 13.0 Å². The Labute approximate surface area is 80.6 Å². The Balaban J connectivity index is 0.000000396. The van der Waals surface area contributed by atoms with Crippen LogP contribution in [0.3, 0.4) is 0 Å². The molecule has 0 aliphatic carbocycles. The number of pyridine rings is 1. The van der Waals surface area contributed by atoms with Crippen LogP contribution >= 0.6 is 0 Å². The van der Waals surface area contributed by atoms with Gasteiger partial charge in [-0.05, 0) is 25.1 Å². The van der Waals surface area contributed by atoms with Crippen LogP contribution in [0.1, 0.15) is 25.1 Å². The summed E-state index contributed by atoms with van der Waals surface area (Å²) in [6, 6.07) is 4.19. The number of hydrogen-bond donors (Lipinski definition) is 0. The first kappa shape index (κ1) is 10.2. The van der Waals surface area contributed by atoms with Crippen molar-refractivity contribution in [2.75, 3.05) is 13.6 Å². The second-order valence-corrected chi connectivity index (χ2v) is 3.10. The third-order valence-electron chi connectivity index (χ3n) is 2.17. The van der Waals surface area contributed by atoms with Gasteiger partial charge in [0, 0.05) is 19.3 Å². The van der Waals surface area contributed by atoms with Crippen LogP contribution in [0.4, 0.5) is 0 Å². The molecule has 0 bridgehead atoms. The monoisotopic (exact) mass is 178 g/mol. The van der Waals surface area contributed by atoms with E-state index in [1.165, 1.54) is 17.8 Å². The Kier molecular flexibility index (Phi) is 3.90. The van der Waals surface area contributed by atoms with Crippen LogP contribution < -0.4 is 0 Å². The average Bonchev–Trinajstić information content (AvgIpc) is 2.21. The maximum absolute atomic E-state index is 4.33. The van der Waals surface area contributed by atoms with Gasteiger partial charge in [-0.15, -0.1) is 0 Å². The van der Waals surface area contributed by atoms with Gasteiger partial charge in [0.15, 0.2) is 0 Å². The Morgan fingerprint density at radius 1 is 1.38 bits per heavy atom. The molecule has 2 rings (SSSR count). The molecule has 1 aromatic rings. The molecule has 0 atom stereocenters. The second-order valence-electron chi connectivity index (χ2n) is 3.10. The quantitative estimate of drug-likeness (QED) is 0.605. The van der Waals surface area contributed by atoms with Crippen LogP contribution in [0.2, 0.25) is 0 Å². The summed E-state index contributed by atoms with van der Waals surface area (Å²) in [5.41, 5.74) is 2.67. The van der Waals surface area contributed by atoms with Crippen LogP contribution in [0.5, 0.6) is 0 Å². The molecule has 2 heterocycles. The zero-order valence-corrected chi connectivity index (χ0v) is 8.75. The summed E-state index contributed by atoms with van der Waals surface area (Å²) in [6.07, 6.45) is 3.03. The Morgan fingerprint density at radius 3 is 2.92 bits per heavy atom. The Hall–Kier alpha value is -0.890. The Bertz CT molecular complexity index is 258. The fraction of sp³-hybridized carbons (Fsp3) is 0.545. The second kappa shape index (κ2) is 4.97. The lowest BCUT2D eigenvalue weighted by Crippen LogP contribution is -2.27. The molecule has 0 saturated carbocycles. The summed E-state index contributed by atoms with van der Waals surface area (Å²) >= 11 is 0. The molecule has 1 aromatic heterocycles. The van der Waals surface area contributed by atoms with Crippen LogP contribution in [0, 0.1) is 0 Å². The number of nitrogens with zero attached hydrogens (tertiary/aromatic N) is 2. The van der Waals surface area contributed by atoms with Crippen molar-refractivity contribution < 1.29 is 0 Å². The van der Waals surface area contributed by atoms with Crippen molar-refractivity contribution in [2.24, 2.45) is 0 Å². The molecule has 0 aromatic carbocycles. The third kappa shape index (κ3) is 2.52. The third-order valence-corrected chi connectivity index (χ3v) is 2.17. The molecule has 0 amide bonds. The van der Waals surface area contributed by atoms with Gasteiger partial charge in [0.1, 0.15) is 0 Å². The van der Waals surface area contributed by atoms with E-state index in [-0.39, 0.29) is 0 Å². The summed E-state index contributed by atoms with van der Waals surface area (Å²) in [5, 5.41) is 0. The summed E-state index contributed by atoms with van der Waals surface area (Å²) in [7, 11) is 2.14. The lowest BCUT2D eigenvalue weighted by atomic mass is 10.1. The molecule has 0 radical (unpaired) electrons. The number of fused-ring (bicyclic) bond motifs is 1. The molecule has 0 N–H and O–H groups in total. The molecule has 2 nitrogen and oxygen atoms in total. The SMILES string of the molecule is CC.CN1CCc2cccnc2C1. The van der Waals surface area contributed by atoms with Gasteiger partial charge < -0.3 is 4.90 Å². The first-order chi connectivity index (χ1) is 6.36. The predicted octanol–water partition coefficient (Wildman–Crippen LogP) is 2.10. The van der Waals surface area contributed by atoms with Crippen LogP contribution in [0.25, 0.3) is 0 Å². The average molecular weight is 178 g/mol. The van der Waals surface area contributed by atoms with Gasteiger partial charge in [-0.25, -0.2) is 0 Å². The van der Waals surface area contributed by atoms with Crippen molar-refractivity contribution in [1.29, 1.82) is 0 Å². The highest BCUT2D eigenvalue weighted by molar-refractivity contribution is 5.21. The maximum Gasteiger partial charge on any atom is 0.0576 e. The summed E-state index contributed by atoms with van der Waals surface area (Å²) in [4.78, 5) is 6.63. The molecule has 1 aliphatic heterocycles. The van der Waals surface area contributed by atoms with Gasteiger partial charge in [0.05, 0.1) is 5.69 Å². The van der Waals surface area contributed by atoms with Gasteiger partial charge in [-0.2, -0.15) is 0 Å². The zero-order valence-electron chi connectivity index (χ0n) is 8.75. The highest BCUT2D eigenvalue weighted by Crippen LogP contribution is 2.13. The van der Waals surface area contributed by atoms with Gasteiger partial charge in [0.25, 0.3) is 0 Å². The molecule has 13 heavy (non-hydrogen) atoms. The van der Waals surface area contributed by atoms with E-state index in [4.69, 9.17) is 0 Å². The van der Waals surface area contributed by atoms with E-state index in [1.54, 1.807) is 0 Å². The van der Waals surface area contributed by atoms with Crippen molar-refractivity contribution >= 4 is 0 Å². The number of hydrogen-bond acceptors (Lipinski definition) is 2. The maximum atomic E-state index is 4.33. The first-order valence-electron chi connectivity index (χ1n) is 4.97. The van der Waals surface area contributed by atoms with E-state index in [1.807, 2.05) is 26.1 Å². The van der Waals surface area contributed by atoms with Crippen molar-refractivity contribution in [3.05, 3.63) is 29.6 Å². The normalized spacial score (nSPS) is 15.6. The van der Waals surface area contributed by atoms with Crippen molar-refractivity contribution in [3.63, 3.8) is 0 Å². The molecule has 0 saturated heterocycles. The van der Waals surface area contributed by atoms with Gasteiger partial charge in [-0.1, -0.05) is 19.9 Å². The van der Waals surface area contributed by atoms with Gasteiger partial charge in [-0.3, -0.25) is 4.98 Å². The molecule has 72 valence electrons. The molecule has 2 heteroatoms. The molecular formula is C11H18N2. The largest absolute Gasteiger partial charge is 0.300 e. The summed E-state index contributed by atoms with van der Waals surface area (Å²) in [5.74, 6) is 0. The predicted molar refractivity (Wildman–Crippen MR) is 55.6 cm³/mol. The van der Waals surface area contributed by atoms with E-state index in [0.717, 1.165) is 13.0 Å². The van der Waals surface area contributed by atoms with E-state index >= 15 is 0 Å². The highest BCUT2D eigenvalue weighted by atomic mass is 15.1. The van der Waals surface area contributed by atoms with E-state index in [2.05, 4.69) is 23.0 Å². The fourth-order valence-electron chi connectivity index (χ4n) is 1.49. The highest BCUT2D eigenvalue weighted by Gasteiger charge is 2.12. The van der Waals surface area contributed by atoms with Crippen molar-refractivity contribution in [3.8, 4) is 0 Å². The minimum atomic E-state index is 1.01. The standard InChI is InChI=1S/C9H12N2.C2H6/c1-11-6-4-8-3-2-5-10-9(8)7-11;1-2/h2-3,5H,4,6-7H2,1H3;1-2H3. The Morgan fingerprint density at radius 2 is 2.15 bits per heavy atom. The zero-order chi connectivity index (χ0) is 9.68. The molecule has 0 fully saturated rings. The first-order valence-corrected chi connectivity index (χ1v) is 4.97. The summed E-state index contributed by atoms with van der Waals surface area (Å²) in [6.45, 7) is 6.18. The van der Waals surface area contributed by atoms with E-state index < -0.39 is 0 Å². The molecule has 0 spiro atoms.